The van der Waals surface area contributed by atoms with E-state index in [1.807, 2.05) is 0 Å². The summed E-state index contributed by atoms with van der Waals surface area (Å²) in [5.41, 5.74) is 7.06. The molecule has 0 amide bonds. The van der Waals surface area contributed by atoms with Crippen molar-refractivity contribution in [3.8, 4) is 0 Å². The monoisotopic (exact) mass is 142 g/mol. The molecule has 0 aromatic heterocycles. The minimum Gasteiger partial charge on any atom is -0.306 e. The van der Waals surface area contributed by atoms with E-state index in [0.717, 1.165) is 19.3 Å². The molecule has 0 aromatic rings. The lowest BCUT2D eigenvalue weighted by molar-refractivity contribution is 0.267. The summed E-state index contributed by atoms with van der Waals surface area (Å²) in [5, 5.41) is 0. The van der Waals surface area contributed by atoms with Crippen molar-refractivity contribution in [2.75, 3.05) is 20.6 Å². The van der Waals surface area contributed by atoms with E-state index in [0.29, 0.717) is 12.6 Å². The Balaban J connectivity index is 3.50. The quantitative estimate of drug-likeness (QED) is 0.566. The highest BCUT2D eigenvalue weighted by atomic mass is 15.1. The van der Waals surface area contributed by atoms with Crippen LogP contribution >= 0.6 is 0 Å². The highest BCUT2D eigenvalue weighted by Gasteiger charge is 2.07. The van der Waals surface area contributed by atoms with E-state index in [-0.39, 0.29) is 0 Å². The average molecular weight is 142 g/mol. The molecule has 10 heavy (non-hydrogen) atoms. The first-order valence-corrected chi connectivity index (χ1v) is 3.82. The van der Waals surface area contributed by atoms with Gasteiger partial charge in [-0.1, -0.05) is 13.3 Å². The standard InChI is InChI=1S/C8H18N2/c1-4-5-8(6-7-9)10(2)3/h8-9H,1,4-7H2,2-3H3. The van der Waals surface area contributed by atoms with Crippen LogP contribution in [0.15, 0.2) is 0 Å². The summed E-state index contributed by atoms with van der Waals surface area (Å²) in [6.45, 7) is 4.33. The lowest BCUT2D eigenvalue weighted by atomic mass is 10.1. The SMILES string of the molecule is [CH2]CCC(CC[NH])N(C)C. The van der Waals surface area contributed by atoms with Crippen LogP contribution in [0.1, 0.15) is 19.3 Å². The van der Waals surface area contributed by atoms with Crippen LogP contribution < -0.4 is 5.73 Å². The molecule has 0 aliphatic rings. The van der Waals surface area contributed by atoms with Gasteiger partial charge in [-0.25, -0.2) is 0 Å². The molecular formula is C8H18N2. The van der Waals surface area contributed by atoms with Crippen molar-refractivity contribution in [3.05, 3.63) is 6.92 Å². The van der Waals surface area contributed by atoms with Crippen LogP contribution in [0.25, 0.3) is 0 Å². The number of hydrogen-bond donors (Lipinski definition) is 0. The molecule has 0 bridgehead atoms. The van der Waals surface area contributed by atoms with Crippen LogP contribution in [0.5, 0.6) is 0 Å². The minimum atomic E-state index is 0.531. The van der Waals surface area contributed by atoms with Gasteiger partial charge in [-0.15, -0.1) is 0 Å². The van der Waals surface area contributed by atoms with Gasteiger partial charge in [0.25, 0.3) is 0 Å². The Morgan fingerprint density at radius 1 is 1.40 bits per heavy atom. The second kappa shape index (κ2) is 5.69. The zero-order valence-corrected chi connectivity index (χ0v) is 7.06. The Hall–Kier alpha value is -0.0800. The number of hydrogen-bond acceptors (Lipinski definition) is 1. The lowest BCUT2D eigenvalue weighted by Gasteiger charge is -2.22. The molecule has 2 radical (unpaired) electrons. The number of rotatable bonds is 5. The highest BCUT2D eigenvalue weighted by molar-refractivity contribution is 4.66. The Bertz CT molecular complexity index is 65.7. The topological polar surface area (TPSA) is 27.0 Å². The molecule has 2 heteroatoms. The number of nitrogens with one attached hydrogen (secondary N) is 1. The maximum atomic E-state index is 7.06. The smallest absolute Gasteiger partial charge is 0.0115 e. The van der Waals surface area contributed by atoms with Crippen molar-refractivity contribution >= 4 is 0 Å². The van der Waals surface area contributed by atoms with Crippen LogP contribution in [-0.2, 0) is 0 Å². The predicted molar refractivity (Wildman–Crippen MR) is 44.6 cm³/mol. The van der Waals surface area contributed by atoms with Crippen LogP contribution in [0.3, 0.4) is 0 Å². The molecular weight excluding hydrogens is 124 g/mol. The molecule has 0 rings (SSSR count). The van der Waals surface area contributed by atoms with Crippen LogP contribution in [0.2, 0.25) is 0 Å². The van der Waals surface area contributed by atoms with Gasteiger partial charge in [0.1, 0.15) is 0 Å². The van der Waals surface area contributed by atoms with Crippen LogP contribution in [-0.4, -0.2) is 31.6 Å². The molecule has 0 heterocycles. The van der Waals surface area contributed by atoms with Crippen molar-refractivity contribution in [1.29, 1.82) is 0 Å². The third-order valence-corrected chi connectivity index (χ3v) is 1.75. The summed E-state index contributed by atoms with van der Waals surface area (Å²) in [4.78, 5) is 2.18. The number of nitrogens with zero attached hydrogens (tertiary/aromatic N) is 1. The molecule has 1 atom stereocenters. The lowest BCUT2D eigenvalue weighted by Crippen LogP contribution is -2.28. The zero-order valence-electron chi connectivity index (χ0n) is 7.06. The summed E-state index contributed by atoms with van der Waals surface area (Å²) in [6, 6.07) is 0.565. The third kappa shape index (κ3) is 3.85. The molecule has 0 aromatic carbocycles. The fourth-order valence-electron chi connectivity index (χ4n) is 1.06. The molecule has 0 spiro atoms. The summed E-state index contributed by atoms with van der Waals surface area (Å²) < 4.78 is 0. The van der Waals surface area contributed by atoms with Crippen molar-refractivity contribution in [2.24, 2.45) is 0 Å². The molecule has 0 aliphatic carbocycles. The highest BCUT2D eigenvalue weighted by Crippen LogP contribution is 2.05. The van der Waals surface area contributed by atoms with Gasteiger partial charge in [0.2, 0.25) is 0 Å². The summed E-state index contributed by atoms with van der Waals surface area (Å²) in [6.07, 6.45) is 3.07. The van der Waals surface area contributed by atoms with E-state index in [1.54, 1.807) is 0 Å². The van der Waals surface area contributed by atoms with Gasteiger partial charge in [0.15, 0.2) is 0 Å². The molecule has 0 saturated heterocycles. The second-order valence-corrected chi connectivity index (χ2v) is 2.80. The Labute approximate surface area is 64.4 Å². The van der Waals surface area contributed by atoms with E-state index >= 15 is 0 Å². The summed E-state index contributed by atoms with van der Waals surface area (Å²) >= 11 is 0. The molecule has 1 unspecified atom stereocenters. The predicted octanol–water partition coefficient (Wildman–Crippen LogP) is 1.20. The molecule has 0 aliphatic heterocycles. The maximum Gasteiger partial charge on any atom is 0.0115 e. The van der Waals surface area contributed by atoms with E-state index in [9.17, 15) is 0 Å². The molecule has 1 N–H and O–H groups in total. The first kappa shape index (κ1) is 9.92. The molecule has 0 fully saturated rings. The van der Waals surface area contributed by atoms with Crippen molar-refractivity contribution in [2.45, 2.75) is 25.3 Å². The third-order valence-electron chi connectivity index (χ3n) is 1.75. The van der Waals surface area contributed by atoms with E-state index in [1.165, 1.54) is 0 Å². The zero-order chi connectivity index (χ0) is 7.98. The molecule has 0 saturated carbocycles. The minimum absolute atomic E-state index is 0.531. The van der Waals surface area contributed by atoms with Gasteiger partial charge >= 0.3 is 0 Å². The van der Waals surface area contributed by atoms with Gasteiger partial charge in [0, 0.05) is 12.6 Å². The van der Waals surface area contributed by atoms with E-state index < -0.39 is 0 Å². The Morgan fingerprint density at radius 2 is 2.00 bits per heavy atom. The first-order valence-electron chi connectivity index (χ1n) is 3.82. The van der Waals surface area contributed by atoms with E-state index in [2.05, 4.69) is 25.9 Å². The van der Waals surface area contributed by atoms with Gasteiger partial charge in [-0.05, 0) is 26.9 Å². The van der Waals surface area contributed by atoms with E-state index in [4.69, 9.17) is 5.73 Å². The van der Waals surface area contributed by atoms with Crippen molar-refractivity contribution < 1.29 is 0 Å². The van der Waals surface area contributed by atoms with Gasteiger partial charge < -0.3 is 4.90 Å². The maximum absolute atomic E-state index is 7.06. The normalized spacial score (nSPS) is 14.1. The molecule has 2 nitrogen and oxygen atoms in total. The fourth-order valence-corrected chi connectivity index (χ4v) is 1.06. The fraction of sp³-hybridized carbons (Fsp3) is 0.875. The average Bonchev–Trinajstić information content (AvgIpc) is 1.87. The van der Waals surface area contributed by atoms with Gasteiger partial charge in [-0.3, -0.25) is 5.73 Å². The Kier molecular flexibility index (Phi) is 5.64. The largest absolute Gasteiger partial charge is 0.306 e. The van der Waals surface area contributed by atoms with Crippen molar-refractivity contribution in [1.82, 2.24) is 10.6 Å². The van der Waals surface area contributed by atoms with Crippen LogP contribution in [0.4, 0.5) is 0 Å². The summed E-state index contributed by atoms with van der Waals surface area (Å²) in [5.74, 6) is 0. The van der Waals surface area contributed by atoms with Gasteiger partial charge in [-0.2, -0.15) is 0 Å². The van der Waals surface area contributed by atoms with Gasteiger partial charge in [0.05, 0.1) is 0 Å². The first-order chi connectivity index (χ1) is 4.72. The molecule has 60 valence electrons. The van der Waals surface area contributed by atoms with Crippen LogP contribution in [0, 0.1) is 6.92 Å². The van der Waals surface area contributed by atoms with Crippen molar-refractivity contribution in [3.63, 3.8) is 0 Å². The summed E-state index contributed by atoms with van der Waals surface area (Å²) in [7, 11) is 4.13. The second-order valence-electron chi connectivity index (χ2n) is 2.80. The Morgan fingerprint density at radius 3 is 2.30 bits per heavy atom.